The lowest BCUT2D eigenvalue weighted by Gasteiger charge is -2.30. The predicted molar refractivity (Wildman–Crippen MR) is 35.6 cm³/mol. The SMILES string of the molecule is CC(C)(C)N1N=NNC1O. The van der Waals surface area contributed by atoms with Crippen LogP contribution in [0, 0.1) is 0 Å². The Morgan fingerprint density at radius 2 is 2.10 bits per heavy atom. The highest BCUT2D eigenvalue weighted by atomic mass is 16.3. The largest absolute Gasteiger partial charge is 0.354 e. The van der Waals surface area contributed by atoms with Crippen LogP contribution < -0.4 is 5.43 Å². The van der Waals surface area contributed by atoms with E-state index in [4.69, 9.17) is 5.11 Å². The molecule has 10 heavy (non-hydrogen) atoms. The van der Waals surface area contributed by atoms with E-state index in [0.29, 0.717) is 0 Å². The van der Waals surface area contributed by atoms with Gasteiger partial charge in [-0.1, -0.05) is 5.22 Å². The van der Waals surface area contributed by atoms with Crippen LogP contribution in [-0.4, -0.2) is 22.0 Å². The maximum atomic E-state index is 9.15. The van der Waals surface area contributed by atoms with E-state index >= 15 is 0 Å². The van der Waals surface area contributed by atoms with Crippen LogP contribution >= 0.6 is 0 Å². The van der Waals surface area contributed by atoms with Gasteiger partial charge in [0.15, 0.2) is 0 Å². The van der Waals surface area contributed by atoms with E-state index in [9.17, 15) is 0 Å². The fourth-order valence-electron chi connectivity index (χ4n) is 0.730. The van der Waals surface area contributed by atoms with Crippen LogP contribution in [0.1, 0.15) is 20.8 Å². The monoisotopic (exact) mass is 144 g/mol. The van der Waals surface area contributed by atoms with Gasteiger partial charge >= 0.3 is 0 Å². The fourth-order valence-corrected chi connectivity index (χ4v) is 0.730. The van der Waals surface area contributed by atoms with Gasteiger partial charge < -0.3 is 5.11 Å². The van der Waals surface area contributed by atoms with Crippen molar-refractivity contribution in [3.05, 3.63) is 0 Å². The molecule has 0 bridgehead atoms. The molecule has 1 aliphatic heterocycles. The van der Waals surface area contributed by atoms with Gasteiger partial charge in [0.05, 0.1) is 5.54 Å². The first-order valence-electron chi connectivity index (χ1n) is 3.15. The van der Waals surface area contributed by atoms with Crippen LogP contribution in [0.5, 0.6) is 0 Å². The zero-order chi connectivity index (χ0) is 7.78. The number of hydrogen-bond acceptors (Lipinski definition) is 5. The van der Waals surface area contributed by atoms with Crippen molar-refractivity contribution in [2.24, 2.45) is 10.4 Å². The molecule has 58 valence electrons. The molecule has 0 aliphatic carbocycles. The van der Waals surface area contributed by atoms with Gasteiger partial charge in [0.2, 0.25) is 6.35 Å². The Kier molecular flexibility index (Phi) is 1.52. The van der Waals surface area contributed by atoms with Crippen LogP contribution in [-0.2, 0) is 0 Å². The maximum Gasteiger partial charge on any atom is 0.238 e. The van der Waals surface area contributed by atoms with Gasteiger partial charge in [-0.05, 0) is 26.0 Å². The normalized spacial score (nSPS) is 25.2. The van der Waals surface area contributed by atoms with Crippen LogP contribution in [0.3, 0.4) is 0 Å². The summed E-state index contributed by atoms with van der Waals surface area (Å²) >= 11 is 0. The lowest BCUT2D eigenvalue weighted by Crippen LogP contribution is -2.45. The van der Waals surface area contributed by atoms with E-state index < -0.39 is 6.35 Å². The van der Waals surface area contributed by atoms with Crippen molar-refractivity contribution < 1.29 is 5.11 Å². The topological polar surface area (TPSA) is 60.2 Å². The van der Waals surface area contributed by atoms with E-state index in [0.717, 1.165) is 0 Å². The first-order chi connectivity index (χ1) is 4.52. The van der Waals surface area contributed by atoms with E-state index in [-0.39, 0.29) is 5.54 Å². The first-order valence-corrected chi connectivity index (χ1v) is 3.15. The molecule has 0 spiro atoms. The Morgan fingerprint density at radius 1 is 1.50 bits per heavy atom. The third-order valence-electron chi connectivity index (χ3n) is 1.23. The molecule has 1 rings (SSSR count). The van der Waals surface area contributed by atoms with Crippen molar-refractivity contribution in [1.82, 2.24) is 10.4 Å². The molecule has 0 aromatic rings. The van der Waals surface area contributed by atoms with Crippen molar-refractivity contribution in [2.45, 2.75) is 32.7 Å². The molecule has 1 unspecified atom stereocenters. The van der Waals surface area contributed by atoms with Crippen molar-refractivity contribution in [3.63, 3.8) is 0 Å². The van der Waals surface area contributed by atoms with Crippen molar-refractivity contribution >= 4 is 0 Å². The molecule has 2 N–H and O–H groups in total. The van der Waals surface area contributed by atoms with Gasteiger partial charge in [-0.15, -0.1) is 0 Å². The molecule has 5 nitrogen and oxygen atoms in total. The van der Waals surface area contributed by atoms with Crippen LogP contribution in [0.25, 0.3) is 0 Å². The van der Waals surface area contributed by atoms with Crippen molar-refractivity contribution in [3.8, 4) is 0 Å². The van der Waals surface area contributed by atoms with E-state index in [1.807, 2.05) is 20.8 Å². The summed E-state index contributed by atoms with van der Waals surface area (Å²) in [6.45, 7) is 5.84. The van der Waals surface area contributed by atoms with Crippen LogP contribution in [0.2, 0.25) is 0 Å². The van der Waals surface area contributed by atoms with Gasteiger partial charge in [0.1, 0.15) is 0 Å². The smallest absolute Gasteiger partial charge is 0.238 e. The number of nitrogens with one attached hydrogen (secondary N) is 1. The second kappa shape index (κ2) is 2.09. The average Bonchev–Trinajstić information content (AvgIpc) is 2.11. The Labute approximate surface area is 59.7 Å². The Morgan fingerprint density at radius 3 is 2.30 bits per heavy atom. The van der Waals surface area contributed by atoms with Gasteiger partial charge in [0, 0.05) is 0 Å². The zero-order valence-corrected chi connectivity index (χ0v) is 6.37. The zero-order valence-electron chi connectivity index (χ0n) is 6.37. The van der Waals surface area contributed by atoms with Crippen molar-refractivity contribution in [1.29, 1.82) is 0 Å². The molecule has 0 aromatic carbocycles. The Hall–Kier alpha value is -0.840. The summed E-state index contributed by atoms with van der Waals surface area (Å²) < 4.78 is 0. The van der Waals surface area contributed by atoms with Crippen molar-refractivity contribution in [2.75, 3.05) is 0 Å². The minimum atomic E-state index is -0.778. The van der Waals surface area contributed by atoms with Gasteiger partial charge in [0.25, 0.3) is 0 Å². The highest BCUT2D eigenvalue weighted by Crippen LogP contribution is 2.17. The molecular weight excluding hydrogens is 132 g/mol. The lowest BCUT2D eigenvalue weighted by atomic mass is 10.1. The van der Waals surface area contributed by atoms with Crippen LogP contribution in [0.4, 0.5) is 0 Å². The fraction of sp³-hybridized carbons (Fsp3) is 1.00. The molecular formula is C5H12N4O. The molecule has 0 amide bonds. The molecule has 0 fully saturated rings. The molecule has 0 saturated heterocycles. The first kappa shape index (κ1) is 7.27. The van der Waals surface area contributed by atoms with Gasteiger partial charge in [-0.25, -0.2) is 10.4 Å². The predicted octanol–water partition coefficient (Wildman–Crippen LogP) is 0.248. The minimum Gasteiger partial charge on any atom is -0.354 e. The van der Waals surface area contributed by atoms with E-state index in [1.165, 1.54) is 5.01 Å². The maximum absolute atomic E-state index is 9.15. The number of rotatable bonds is 0. The van der Waals surface area contributed by atoms with E-state index in [1.54, 1.807) is 0 Å². The quantitative estimate of drug-likeness (QED) is 0.512. The summed E-state index contributed by atoms with van der Waals surface area (Å²) in [7, 11) is 0. The summed E-state index contributed by atoms with van der Waals surface area (Å²) in [5.41, 5.74) is 2.23. The molecule has 1 aliphatic rings. The summed E-state index contributed by atoms with van der Waals surface area (Å²) in [5, 5.41) is 17.8. The second-order valence-corrected chi connectivity index (χ2v) is 3.21. The minimum absolute atomic E-state index is 0.188. The molecule has 1 atom stereocenters. The van der Waals surface area contributed by atoms with Crippen LogP contribution in [0.15, 0.2) is 10.4 Å². The number of aliphatic hydroxyl groups excluding tert-OH is 1. The third-order valence-corrected chi connectivity index (χ3v) is 1.23. The van der Waals surface area contributed by atoms with E-state index in [2.05, 4.69) is 15.9 Å². The Bertz CT molecular complexity index is 150. The Balaban J connectivity index is 2.64. The summed E-state index contributed by atoms with van der Waals surface area (Å²) in [4.78, 5) is 0. The molecule has 0 radical (unpaired) electrons. The molecule has 0 aromatic heterocycles. The highest BCUT2D eigenvalue weighted by molar-refractivity contribution is 4.74. The molecule has 1 heterocycles. The summed E-state index contributed by atoms with van der Waals surface area (Å²) in [5.74, 6) is 0. The molecule has 0 saturated carbocycles. The number of hydrogen-bond donors (Lipinski definition) is 2. The summed E-state index contributed by atoms with van der Waals surface area (Å²) in [6.07, 6.45) is -0.778. The third kappa shape index (κ3) is 1.18. The number of aliphatic hydroxyl groups is 1. The number of nitrogens with zero attached hydrogens (tertiary/aromatic N) is 3. The second-order valence-electron chi connectivity index (χ2n) is 3.21. The lowest BCUT2D eigenvalue weighted by molar-refractivity contribution is -0.0446. The standard InChI is InChI=1S/C5H12N4O/c1-5(2,3)9-4(10)6-7-8-9/h4,10H,1-3H3,(H,6,8). The molecule has 5 heteroatoms. The highest BCUT2D eigenvalue weighted by Gasteiger charge is 2.29. The average molecular weight is 144 g/mol. The van der Waals surface area contributed by atoms with Gasteiger partial charge in [-0.3, -0.25) is 0 Å². The summed E-state index contributed by atoms with van der Waals surface area (Å²) in [6, 6.07) is 0. The van der Waals surface area contributed by atoms with Gasteiger partial charge in [-0.2, -0.15) is 0 Å².